The van der Waals surface area contributed by atoms with E-state index < -0.39 is 0 Å². The number of hydrogen-bond donors (Lipinski definition) is 0. The van der Waals surface area contributed by atoms with Crippen LogP contribution < -0.4 is 0 Å². The standard InChI is InChI=1S/C10H11N/c1-3-11-8-10-7-5-4-6-9(10)2/h3-8H,1H2,2H3. The summed E-state index contributed by atoms with van der Waals surface area (Å²) in [6.07, 6.45) is 3.34. The van der Waals surface area contributed by atoms with E-state index in [1.54, 1.807) is 0 Å². The van der Waals surface area contributed by atoms with Gasteiger partial charge in [-0.1, -0.05) is 30.8 Å². The van der Waals surface area contributed by atoms with E-state index in [9.17, 15) is 0 Å². The van der Waals surface area contributed by atoms with Crippen LogP contribution in [-0.4, -0.2) is 6.21 Å². The summed E-state index contributed by atoms with van der Waals surface area (Å²) in [5.74, 6) is 0. The monoisotopic (exact) mass is 145 g/mol. The van der Waals surface area contributed by atoms with Gasteiger partial charge in [-0.15, -0.1) is 0 Å². The summed E-state index contributed by atoms with van der Waals surface area (Å²) in [6, 6.07) is 8.10. The van der Waals surface area contributed by atoms with Crippen molar-refractivity contribution >= 4 is 6.21 Å². The second-order valence-corrected chi connectivity index (χ2v) is 2.32. The third kappa shape index (κ3) is 2.04. The van der Waals surface area contributed by atoms with Gasteiger partial charge in [-0.25, -0.2) is 0 Å². The van der Waals surface area contributed by atoms with Gasteiger partial charge in [0.2, 0.25) is 0 Å². The largest absolute Gasteiger partial charge is 0.265 e. The van der Waals surface area contributed by atoms with Crippen molar-refractivity contribution in [3.8, 4) is 0 Å². The van der Waals surface area contributed by atoms with Crippen molar-refractivity contribution in [2.45, 2.75) is 6.92 Å². The molecule has 0 heterocycles. The molecule has 0 saturated carbocycles. The van der Waals surface area contributed by atoms with Gasteiger partial charge < -0.3 is 0 Å². The van der Waals surface area contributed by atoms with Gasteiger partial charge >= 0.3 is 0 Å². The summed E-state index contributed by atoms with van der Waals surface area (Å²) >= 11 is 0. The second-order valence-electron chi connectivity index (χ2n) is 2.32. The third-order valence-electron chi connectivity index (χ3n) is 1.51. The smallest absolute Gasteiger partial charge is 0.0342 e. The van der Waals surface area contributed by atoms with Gasteiger partial charge in [-0.2, -0.15) is 0 Å². The van der Waals surface area contributed by atoms with Gasteiger partial charge in [0, 0.05) is 12.4 Å². The maximum atomic E-state index is 3.94. The van der Waals surface area contributed by atoms with Crippen molar-refractivity contribution in [3.05, 3.63) is 48.2 Å². The summed E-state index contributed by atoms with van der Waals surface area (Å²) in [5.41, 5.74) is 2.38. The van der Waals surface area contributed by atoms with E-state index in [-0.39, 0.29) is 0 Å². The summed E-state index contributed by atoms with van der Waals surface area (Å²) in [5, 5.41) is 0. The highest BCUT2D eigenvalue weighted by Gasteiger charge is 1.89. The number of aryl methyl sites for hydroxylation is 1. The van der Waals surface area contributed by atoms with Gasteiger partial charge in [0.15, 0.2) is 0 Å². The Hall–Kier alpha value is -1.37. The number of nitrogens with zero attached hydrogens (tertiary/aromatic N) is 1. The predicted molar refractivity (Wildman–Crippen MR) is 49.0 cm³/mol. The fraction of sp³-hybridized carbons (Fsp3) is 0.100. The normalized spacial score (nSPS) is 10.3. The van der Waals surface area contributed by atoms with E-state index >= 15 is 0 Å². The Balaban J connectivity index is 2.94. The molecule has 0 aliphatic rings. The maximum Gasteiger partial charge on any atom is 0.0342 e. The number of aliphatic imine (C=N–C) groups is 1. The second kappa shape index (κ2) is 3.71. The lowest BCUT2D eigenvalue weighted by atomic mass is 10.1. The van der Waals surface area contributed by atoms with E-state index in [1.165, 1.54) is 11.8 Å². The van der Waals surface area contributed by atoms with Crippen LogP contribution in [0.15, 0.2) is 42.0 Å². The molecule has 1 rings (SSSR count). The molecular weight excluding hydrogens is 134 g/mol. The zero-order valence-electron chi connectivity index (χ0n) is 6.62. The minimum absolute atomic E-state index is 1.15. The molecule has 0 bridgehead atoms. The average molecular weight is 145 g/mol. The van der Waals surface area contributed by atoms with Crippen LogP contribution in [0.3, 0.4) is 0 Å². The van der Waals surface area contributed by atoms with E-state index in [1.807, 2.05) is 24.4 Å². The first kappa shape index (κ1) is 7.73. The van der Waals surface area contributed by atoms with Crippen LogP contribution in [0.4, 0.5) is 0 Å². The van der Waals surface area contributed by atoms with Crippen LogP contribution in [0.1, 0.15) is 11.1 Å². The van der Waals surface area contributed by atoms with Crippen molar-refractivity contribution in [3.63, 3.8) is 0 Å². The van der Waals surface area contributed by atoms with Crippen molar-refractivity contribution in [2.24, 2.45) is 4.99 Å². The summed E-state index contributed by atoms with van der Waals surface area (Å²) in [4.78, 5) is 3.94. The zero-order valence-corrected chi connectivity index (χ0v) is 6.62. The number of benzene rings is 1. The lowest BCUT2D eigenvalue weighted by Crippen LogP contribution is -1.83. The molecule has 0 aliphatic carbocycles. The van der Waals surface area contributed by atoms with Crippen molar-refractivity contribution in [1.29, 1.82) is 0 Å². The highest BCUT2D eigenvalue weighted by molar-refractivity contribution is 5.81. The molecule has 0 spiro atoms. The number of rotatable bonds is 2. The van der Waals surface area contributed by atoms with E-state index in [2.05, 4.69) is 24.6 Å². The molecule has 0 N–H and O–H groups in total. The Labute approximate surface area is 67.1 Å². The molecule has 0 radical (unpaired) electrons. The molecule has 0 unspecified atom stereocenters. The van der Waals surface area contributed by atoms with Crippen molar-refractivity contribution in [2.75, 3.05) is 0 Å². The van der Waals surface area contributed by atoms with Crippen molar-refractivity contribution < 1.29 is 0 Å². The van der Waals surface area contributed by atoms with Crippen LogP contribution in [-0.2, 0) is 0 Å². The fourth-order valence-electron chi connectivity index (χ4n) is 0.865. The molecule has 0 aromatic heterocycles. The van der Waals surface area contributed by atoms with E-state index in [0.29, 0.717) is 0 Å². The molecule has 11 heavy (non-hydrogen) atoms. The highest BCUT2D eigenvalue weighted by atomic mass is 14.7. The Morgan fingerprint density at radius 1 is 1.36 bits per heavy atom. The quantitative estimate of drug-likeness (QED) is 0.567. The molecule has 1 aromatic carbocycles. The van der Waals surface area contributed by atoms with Crippen LogP contribution in [0.2, 0.25) is 0 Å². The highest BCUT2D eigenvalue weighted by Crippen LogP contribution is 2.03. The van der Waals surface area contributed by atoms with Crippen LogP contribution in [0, 0.1) is 6.92 Å². The SMILES string of the molecule is C=CN=Cc1ccccc1C. The molecule has 1 aromatic rings. The first-order chi connectivity index (χ1) is 5.34. The molecule has 1 heteroatoms. The van der Waals surface area contributed by atoms with Crippen LogP contribution in [0.25, 0.3) is 0 Å². The first-order valence-electron chi connectivity index (χ1n) is 3.54. The lowest BCUT2D eigenvalue weighted by molar-refractivity contribution is 1.44. The Kier molecular flexibility index (Phi) is 2.61. The van der Waals surface area contributed by atoms with Gasteiger partial charge in [0.25, 0.3) is 0 Å². The molecular formula is C10H11N. The van der Waals surface area contributed by atoms with E-state index in [4.69, 9.17) is 0 Å². The Bertz CT molecular complexity index is 274. The topological polar surface area (TPSA) is 12.4 Å². The van der Waals surface area contributed by atoms with Gasteiger partial charge in [0.05, 0.1) is 0 Å². The predicted octanol–water partition coefficient (Wildman–Crippen LogP) is 2.56. The average Bonchev–Trinajstić information content (AvgIpc) is 2.03. The lowest BCUT2D eigenvalue weighted by Gasteiger charge is -1.95. The minimum Gasteiger partial charge on any atom is -0.265 e. The molecule has 0 aliphatic heterocycles. The Morgan fingerprint density at radius 3 is 2.73 bits per heavy atom. The molecule has 0 saturated heterocycles. The van der Waals surface area contributed by atoms with E-state index in [0.717, 1.165) is 5.56 Å². The summed E-state index contributed by atoms with van der Waals surface area (Å²) < 4.78 is 0. The van der Waals surface area contributed by atoms with Crippen molar-refractivity contribution in [1.82, 2.24) is 0 Å². The summed E-state index contributed by atoms with van der Waals surface area (Å²) in [7, 11) is 0. The fourth-order valence-corrected chi connectivity index (χ4v) is 0.865. The number of hydrogen-bond acceptors (Lipinski definition) is 1. The molecule has 0 amide bonds. The summed E-state index contributed by atoms with van der Waals surface area (Å²) in [6.45, 7) is 5.57. The Morgan fingerprint density at radius 2 is 2.09 bits per heavy atom. The van der Waals surface area contributed by atoms with Gasteiger partial charge in [0.1, 0.15) is 0 Å². The molecule has 1 nitrogen and oxygen atoms in total. The minimum atomic E-state index is 1.15. The molecule has 56 valence electrons. The van der Waals surface area contributed by atoms with Gasteiger partial charge in [-0.05, 0) is 18.1 Å². The zero-order chi connectivity index (χ0) is 8.10. The third-order valence-corrected chi connectivity index (χ3v) is 1.51. The maximum absolute atomic E-state index is 3.94. The van der Waals surface area contributed by atoms with Crippen LogP contribution >= 0.6 is 0 Å². The van der Waals surface area contributed by atoms with Crippen LogP contribution in [0.5, 0.6) is 0 Å². The molecule has 0 fully saturated rings. The van der Waals surface area contributed by atoms with Gasteiger partial charge in [-0.3, -0.25) is 4.99 Å². The first-order valence-corrected chi connectivity index (χ1v) is 3.54. The molecule has 0 atom stereocenters.